The second-order valence-corrected chi connectivity index (χ2v) is 16.0. The topological polar surface area (TPSA) is 149 Å². The smallest absolute Gasteiger partial charge is 0.266 e. The van der Waals surface area contributed by atoms with Gasteiger partial charge in [-0.15, -0.1) is 0 Å². The molecule has 0 aliphatic heterocycles. The fourth-order valence-corrected chi connectivity index (χ4v) is 6.51. The Kier molecular flexibility index (Phi) is 28.0. The predicted octanol–water partition coefficient (Wildman–Crippen LogP) is 7.82. The van der Waals surface area contributed by atoms with Crippen molar-refractivity contribution in [3.63, 3.8) is 0 Å². The van der Waals surface area contributed by atoms with Crippen molar-refractivity contribution in [3.05, 3.63) is 0 Å². The lowest BCUT2D eigenvalue weighted by molar-refractivity contribution is -0.135. The first-order chi connectivity index (χ1) is 21.9. The summed E-state index contributed by atoms with van der Waals surface area (Å²) in [5.74, 6) is -1.75. The lowest BCUT2D eigenvalue weighted by Gasteiger charge is -2.28. The molecule has 0 aromatic rings. The molecule has 0 aliphatic carbocycles. The normalized spacial score (nSPS) is 12.0. The molecule has 0 saturated heterocycles. The molecular formula is C34H68N2O8S2. The van der Waals surface area contributed by atoms with Crippen LogP contribution in [0.2, 0.25) is 0 Å². The molecule has 0 radical (unpaired) electrons. The highest BCUT2D eigenvalue weighted by molar-refractivity contribution is 7.86. The lowest BCUT2D eigenvalue weighted by Crippen LogP contribution is -2.44. The van der Waals surface area contributed by atoms with Gasteiger partial charge in [-0.05, 0) is 12.8 Å². The predicted molar refractivity (Wildman–Crippen MR) is 188 cm³/mol. The van der Waals surface area contributed by atoms with Crippen molar-refractivity contribution in [1.29, 1.82) is 0 Å². The number of carbonyl (C=O) groups is 2. The first-order valence-corrected chi connectivity index (χ1v) is 21.6. The first-order valence-electron chi connectivity index (χ1n) is 18.4. The van der Waals surface area contributed by atoms with Crippen LogP contribution in [0.25, 0.3) is 0 Å². The third-order valence-electron chi connectivity index (χ3n) is 8.57. The van der Waals surface area contributed by atoms with Crippen LogP contribution in [0.15, 0.2) is 0 Å². The fourth-order valence-electron chi connectivity index (χ4n) is 5.61. The van der Waals surface area contributed by atoms with Gasteiger partial charge in [0.05, 0.1) is 11.5 Å². The van der Waals surface area contributed by atoms with Crippen molar-refractivity contribution in [2.45, 2.75) is 168 Å². The summed E-state index contributed by atoms with van der Waals surface area (Å²) in [6.45, 7) is 4.03. The second-order valence-electron chi connectivity index (χ2n) is 12.9. The number of unbranched alkanes of at least 4 members (excludes halogenated alkanes) is 20. The maximum atomic E-state index is 13.0. The van der Waals surface area contributed by atoms with Crippen LogP contribution in [-0.2, 0) is 29.8 Å². The molecule has 0 unspecified atom stereocenters. The molecule has 2 N–H and O–H groups in total. The Balaban J connectivity index is 4.74. The minimum absolute atomic E-state index is 0.0157. The van der Waals surface area contributed by atoms with Gasteiger partial charge in [0, 0.05) is 39.0 Å². The van der Waals surface area contributed by atoms with Gasteiger partial charge in [0.2, 0.25) is 11.8 Å². The number of carbonyl (C=O) groups excluding carboxylic acids is 2. The summed E-state index contributed by atoms with van der Waals surface area (Å²) in [6, 6.07) is 0. The van der Waals surface area contributed by atoms with E-state index in [9.17, 15) is 35.5 Å². The monoisotopic (exact) mass is 696 g/mol. The van der Waals surface area contributed by atoms with E-state index in [0.717, 1.165) is 38.5 Å². The van der Waals surface area contributed by atoms with Gasteiger partial charge in [0.25, 0.3) is 20.2 Å². The Hall–Kier alpha value is -1.24. The van der Waals surface area contributed by atoms with E-state index in [1.807, 2.05) is 0 Å². The van der Waals surface area contributed by atoms with Crippen LogP contribution in [0, 0.1) is 0 Å². The fraction of sp³-hybridized carbons (Fsp3) is 0.941. The highest BCUT2D eigenvalue weighted by Gasteiger charge is 2.21. The summed E-state index contributed by atoms with van der Waals surface area (Å²) in [5.41, 5.74) is 0. The van der Waals surface area contributed by atoms with Crippen LogP contribution >= 0.6 is 0 Å². The summed E-state index contributed by atoms with van der Waals surface area (Å²) in [4.78, 5) is 28.7. The minimum Gasteiger partial charge on any atom is -0.340 e. The van der Waals surface area contributed by atoms with Gasteiger partial charge in [0.15, 0.2) is 0 Å². The molecule has 0 atom stereocenters. The molecule has 0 aliphatic rings. The number of hydrogen-bond donors (Lipinski definition) is 2. The highest BCUT2D eigenvalue weighted by atomic mass is 32.2. The van der Waals surface area contributed by atoms with E-state index < -0.39 is 31.7 Å². The number of nitrogens with zero attached hydrogens (tertiary/aromatic N) is 2. The van der Waals surface area contributed by atoms with Crippen molar-refractivity contribution < 1.29 is 35.5 Å². The zero-order valence-corrected chi connectivity index (χ0v) is 30.9. The molecule has 274 valence electrons. The van der Waals surface area contributed by atoms with Gasteiger partial charge in [-0.1, -0.05) is 142 Å². The summed E-state index contributed by atoms with van der Waals surface area (Å²) in [5, 5.41) is 0. The third kappa shape index (κ3) is 30.1. The van der Waals surface area contributed by atoms with E-state index in [1.54, 1.807) is 0 Å². The largest absolute Gasteiger partial charge is 0.340 e. The molecule has 0 aromatic heterocycles. The number of hydrogen-bond acceptors (Lipinski definition) is 6. The summed E-state index contributed by atoms with van der Waals surface area (Å²) in [7, 11) is -8.60. The molecule has 12 heteroatoms. The molecule has 0 fully saturated rings. The van der Waals surface area contributed by atoms with Gasteiger partial charge in [-0.3, -0.25) is 18.7 Å². The van der Waals surface area contributed by atoms with Gasteiger partial charge in [0.1, 0.15) is 0 Å². The molecule has 0 bridgehead atoms. The van der Waals surface area contributed by atoms with Gasteiger partial charge in [-0.2, -0.15) is 16.8 Å². The molecule has 2 amide bonds. The van der Waals surface area contributed by atoms with Crippen LogP contribution in [0.3, 0.4) is 0 Å². The summed E-state index contributed by atoms with van der Waals surface area (Å²) < 4.78 is 64.2. The van der Waals surface area contributed by atoms with Crippen molar-refractivity contribution in [2.24, 2.45) is 0 Å². The van der Waals surface area contributed by atoms with Crippen molar-refractivity contribution in [1.82, 2.24) is 9.80 Å². The summed E-state index contributed by atoms with van der Waals surface area (Å²) in [6.07, 6.45) is 25.6. The lowest BCUT2D eigenvalue weighted by atomic mass is 10.0. The second kappa shape index (κ2) is 28.7. The van der Waals surface area contributed by atoms with Crippen LogP contribution in [0.4, 0.5) is 0 Å². The van der Waals surface area contributed by atoms with Crippen LogP contribution < -0.4 is 0 Å². The summed E-state index contributed by atoms with van der Waals surface area (Å²) >= 11 is 0. The number of amides is 2. The molecule has 0 rings (SSSR count). The molecule has 0 heterocycles. The SMILES string of the molecule is CCCCCCCCCCCCCC(=O)N(CCN(CCS(=O)(=O)O)C(=O)CCCCCCCCCCCCC)CCS(=O)(=O)O. The van der Waals surface area contributed by atoms with Crippen molar-refractivity contribution in [3.8, 4) is 0 Å². The third-order valence-corrected chi connectivity index (χ3v) is 9.97. The average Bonchev–Trinajstić information content (AvgIpc) is 2.98. The van der Waals surface area contributed by atoms with E-state index in [0.29, 0.717) is 12.8 Å². The van der Waals surface area contributed by atoms with Gasteiger partial charge >= 0.3 is 0 Å². The maximum Gasteiger partial charge on any atom is 0.266 e. The van der Waals surface area contributed by atoms with Crippen molar-refractivity contribution >= 4 is 32.1 Å². The van der Waals surface area contributed by atoms with Gasteiger partial charge < -0.3 is 9.80 Å². The zero-order valence-electron chi connectivity index (χ0n) is 29.3. The van der Waals surface area contributed by atoms with Gasteiger partial charge in [-0.25, -0.2) is 0 Å². The Morgan fingerprint density at radius 2 is 0.652 bits per heavy atom. The van der Waals surface area contributed by atoms with E-state index in [2.05, 4.69) is 13.8 Å². The first kappa shape index (κ1) is 44.8. The molecule has 46 heavy (non-hydrogen) atoms. The Labute approximate surface area is 282 Å². The van der Waals surface area contributed by atoms with Crippen LogP contribution in [0.1, 0.15) is 168 Å². The quantitative estimate of drug-likeness (QED) is 0.0521. The molecule has 10 nitrogen and oxygen atoms in total. The maximum absolute atomic E-state index is 13.0. The average molecular weight is 697 g/mol. The van der Waals surface area contributed by atoms with E-state index in [1.165, 1.54) is 99.7 Å². The van der Waals surface area contributed by atoms with Crippen LogP contribution in [0.5, 0.6) is 0 Å². The Morgan fingerprint density at radius 1 is 0.413 bits per heavy atom. The van der Waals surface area contributed by atoms with E-state index in [4.69, 9.17) is 0 Å². The standard InChI is InChI=1S/C34H68N2O8S2/c1-3-5-7-9-11-13-15-17-19-21-23-25-33(37)35(29-31-45(39,40)41)27-28-36(30-32-46(42,43)44)34(38)26-24-22-20-18-16-14-12-10-8-6-4-2/h3-32H2,1-2H3,(H,39,40,41)(H,42,43,44). The Bertz CT molecular complexity index is 896. The van der Waals surface area contributed by atoms with Crippen molar-refractivity contribution in [2.75, 3.05) is 37.7 Å². The molecule has 0 saturated carbocycles. The molecule has 0 spiro atoms. The minimum atomic E-state index is -4.30. The Morgan fingerprint density at radius 3 is 0.891 bits per heavy atom. The zero-order chi connectivity index (χ0) is 34.5. The number of rotatable bonds is 33. The highest BCUT2D eigenvalue weighted by Crippen LogP contribution is 2.14. The molecular weight excluding hydrogens is 629 g/mol. The van der Waals surface area contributed by atoms with E-state index in [-0.39, 0.29) is 50.8 Å². The molecule has 0 aromatic carbocycles. The van der Waals surface area contributed by atoms with Crippen LogP contribution in [-0.4, -0.2) is 85.2 Å². The van der Waals surface area contributed by atoms with E-state index >= 15 is 0 Å².